The zero-order valence-electron chi connectivity index (χ0n) is 15.7. The van der Waals surface area contributed by atoms with Crippen LogP contribution >= 0.6 is 0 Å². The Kier molecular flexibility index (Phi) is 6.08. The zero-order chi connectivity index (χ0) is 18.5. The third-order valence-corrected chi connectivity index (χ3v) is 4.21. The summed E-state index contributed by atoms with van der Waals surface area (Å²) in [4.78, 5) is 4.64. The lowest BCUT2D eigenvalue weighted by molar-refractivity contribution is -0.142. The van der Waals surface area contributed by atoms with E-state index in [0.717, 1.165) is 34.1 Å². The van der Waals surface area contributed by atoms with Crippen LogP contribution in [0.3, 0.4) is 0 Å². The number of hydrogen-bond donors (Lipinski definition) is 0. The Bertz CT molecular complexity index is 797. The van der Waals surface area contributed by atoms with Gasteiger partial charge in [-0.3, -0.25) is 0 Å². The van der Waals surface area contributed by atoms with Crippen molar-refractivity contribution in [2.24, 2.45) is 0 Å². The van der Waals surface area contributed by atoms with E-state index >= 15 is 0 Å². The minimum atomic E-state index is -0.532. The van der Waals surface area contributed by atoms with Crippen LogP contribution in [0.15, 0.2) is 18.2 Å². The summed E-state index contributed by atoms with van der Waals surface area (Å²) in [5.74, 6) is 1.24. The smallest absolute Gasteiger partial charge is 0.225 e. The second kappa shape index (κ2) is 8.49. The lowest BCUT2D eigenvalue weighted by Gasteiger charge is -2.20. The van der Waals surface area contributed by atoms with Crippen LogP contribution in [0.5, 0.6) is 11.6 Å². The highest BCUT2D eigenvalue weighted by atomic mass is 16.7. The van der Waals surface area contributed by atoms with E-state index in [1.807, 2.05) is 19.9 Å². The molecule has 0 bridgehead atoms. The fraction of sp³-hybridized carbons (Fsp3) is 0.450. The Hall–Kier alpha value is -2.15. The van der Waals surface area contributed by atoms with Gasteiger partial charge in [-0.05, 0) is 43.4 Å². The summed E-state index contributed by atoms with van der Waals surface area (Å²) in [6.45, 7) is 5.08. The van der Waals surface area contributed by atoms with Crippen LogP contribution in [0.2, 0.25) is 0 Å². The number of pyridine rings is 1. The first-order valence-corrected chi connectivity index (χ1v) is 8.79. The van der Waals surface area contributed by atoms with Gasteiger partial charge in [0.05, 0.1) is 12.5 Å². The molecule has 6 heteroatoms. The molecular weight excluding hydrogens is 334 g/mol. The summed E-state index contributed by atoms with van der Waals surface area (Å²) in [5, 5.41) is 1.80. The average molecular weight is 359 g/mol. The van der Waals surface area contributed by atoms with E-state index in [1.165, 1.54) is 0 Å². The van der Waals surface area contributed by atoms with E-state index in [9.17, 15) is 0 Å². The predicted molar refractivity (Wildman–Crippen MR) is 99.5 cm³/mol. The maximum atomic E-state index is 5.90. The summed E-state index contributed by atoms with van der Waals surface area (Å²) in [7, 11) is 3.21. The summed E-state index contributed by atoms with van der Waals surface area (Å²) >= 11 is 0. The van der Waals surface area contributed by atoms with Gasteiger partial charge >= 0.3 is 0 Å². The van der Waals surface area contributed by atoms with Crippen molar-refractivity contribution in [2.75, 3.05) is 34.2 Å². The third kappa shape index (κ3) is 3.53. The van der Waals surface area contributed by atoms with Crippen LogP contribution in [-0.2, 0) is 20.6 Å². The molecule has 26 heavy (non-hydrogen) atoms. The molecule has 1 heterocycles. The molecule has 6 nitrogen and oxygen atoms in total. The molecule has 0 amide bonds. The molecule has 0 saturated carbocycles. The van der Waals surface area contributed by atoms with Crippen molar-refractivity contribution >= 4 is 16.8 Å². The van der Waals surface area contributed by atoms with Crippen molar-refractivity contribution in [1.82, 2.24) is 4.98 Å². The molecule has 0 N–H and O–H groups in total. The Labute approximate surface area is 153 Å². The molecule has 0 saturated heterocycles. The quantitative estimate of drug-likeness (QED) is 0.634. The molecule has 0 fully saturated rings. The maximum absolute atomic E-state index is 5.90. The average Bonchev–Trinajstić information content (AvgIpc) is 3.12. The van der Waals surface area contributed by atoms with Crippen molar-refractivity contribution in [3.63, 3.8) is 0 Å². The van der Waals surface area contributed by atoms with Crippen LogP contribution in [0.4, 0.5) is 0 Å². The monoisotopic (exact) mass is 359 g/mol. The van der Waals surface area contributed by atoms with E-state index in [0.29, 0.717) is 24.8 Å². The van der Waals surface area contributed by atoms with E-state index in [4.69, 9.17) is 23.7 Å². The molecule has 2 aromatic rings. The molecule has 0 atom stereocenters. The molecule has 0 radical (unpaired) electrons. The lowest BCUT2D eigenvalue weighted by atomic mass is 10.0. The predicted octanol–water partition coefficient (Wildman–Crippen LogP) is 3.87. The molecule has 1 aliphatic rings. The SMILES string of the molecule is CCOC(OCC)c1cc2cc3c(c(OCOC)c2c(OC)n1)CC=C3. The normalized spacial score (nSPS) is 12.8. The first kappa shape index (κ1) is 18.6. The zero-order valence-corrected chi connectivity index (χ0v) is 15.7. The number of ether oxygens (including phenoxy) is 5. The third-order valence-electron chi connectivity index (χ3n) is 4.21. The van der Waals surface area contributed by atoms with Gasteiger partial charge in [0.2, 0.25) is 12.2 Å². The number of hydrogen-bond acceptors (Lipinski definition) is 6. The minimum absolute atomic E-state index is 0.164. The van der Waals surface area contributed by atoms with Gasteiger partial charge in [0.15, 0.2) is 6.79 Å². The van der Waals surface area contributed by atoms with Crippen molar-refractivity contribution < 1.29 is 23.7 Å². The number of allylic oxidation sites excluding steroid dienone is 1. The van der Waals surface area contributed by atoms with Crippen LogP contribution in [0.1, 0.15) is 37.0 Å². The summed E-state index contributed by atoms with van der Waals surface area (Å²) in [6, 6.07) is 4.09. The lowest BCUT2D eigenvalue weighted by Crippen LogP contribution is -2.12. The first-order chi connectivity index (χ1) is 12.7. The van der Waals surface area contributed by atoms with Crippen LogP contribution in [-0.4, -0.2) is 39.2 Å². The number of nitrogens with zero attached hydrogens (tertiary/aromatic N) is 1. The van der Waals surface area contributed by atoms with Gasteiger partial charge in [0.1, 0.15) is 11.4 Å². The highest BCUT2D eigenvalue weighted by Crippen LogP contribution is 2.41. The Morgan fingerprint density at radius 1 is 1.12 bits per heavy atom. The Balaban J connectivity index is 2.18. The van der Waals surface area contributed by atoms with Crippen molar-refractivity contribution in [3.05, 3.63) is 35.0 Å². The van der Waals surface area contributed by atoms with Crippen molar-refractivity contribution in [1.29, 1.82) is 0 Å². The van der Waals surface area contributed by atoms with Gasteiger partial charge in [-0.25, -0.2) is 4.98 Å². The van der Waals surface area contributed by atoms with Gasteiger partial charge in [0, 0.05) is 25.9 Å². The number of methoxy groups -OCH3 is 2. The molecule has 1 aromatic heterocycles. The minimum Gasteiger partial charge on any atom is -0.480 e. The molecule has 3 rings (SSSR count). The van der Waals surface area contributed by atoms with Crippen LogP contribution < -0.4 is 9.47 Å². The van der Waals surface area contributed by atoms with Crippen LogP contribution in [0, 0.1) is 0 Å². The fourth-order valence-corrected chi connectivity index (χ4v) is 3.17. The summed E-state index contributed by atoms with van der Waals surface area (Å²) in [6.07, 6.45) is 4.50. The number of rotatable bonds is 9. The van der Waals surface area contributed by atoms with Gasteiger partial charge in [-0.1, -0.05) is 12.2 Å². The Morgan fingerprint density at radius 2 is 1.88 bits per heavy atom. The van der Waals surface area contributed by atoms with E-state index in [2.05, 4.69) is 23.2 Å². The molecule has 1 aliphatic carbocycles. The van der Waals surface area contributed by atoms with Crippen molar-refractivity contribution in [3.8, 4) is 11.6 Å². The standard InChI is InChI=1S/C20H25NO5/c1-5-24-20(25-6-2)16-11-14-10-13-8-7-9-15(13)18(26-12-22-3)17(14)19(21-16)23-4/h7-8,10-11,20H,5-6,9,12H2,1-4H3. The fourth-order valence-electron chi connectivity index (χ4n) is 3.17. The molecule has 0 unspecified atom stereocenters. The van der Waals surface area contributed by atoms with Gasteiger partial charge in [-0.2, -0.15) is 0 Å². The molecule has 0 aliphatic heterocycles. The van der Waals surface area contributed by atoms with Gasteiger partial charge < -0.3 is 23.7 Å². The second-order valence-electron chi connectivity index (χ2n) is 5.83. The number of fused-ring (bicyclic) bond motifs is 2. The number of aromatic nitrogens is 1. The van der Waals surface area contributed by atoms with E-state index in [1.54, 1.807) is 14.2 Å². The summed E-state index contributed by atoms with van der Waals surface area (Å²) in [5.41, 5.74) is 2.93. The van der Waals surface area contributed by atoms with Gasteiger partial charge in [-0.15, -0.1) is 0 Å². The van der Waals surface area contributed by atoms with Gasteiger partial charge in [0.25, 0.3) is 0 Å². The highest BCUT2D eigenvalue weighted by Gasteiger charge is 2.23. The maximum Gasteiger partial charge on any atom is 0.225 e. The number of benzene rings is 1. The van der Waals surface area contributed by atoms with Crippen LogP contribution in [0.25, 0.3) is 16.8 Å². The topological polar surface area (TPSA) is 59.0 Å². The second-order valence-corrected chi connectivity index (χ2v) is 5.83. The molecule has 1 aromatic carbocycles. The summed E-state index contributed by atoms with van der Waals surface area (Å²) < 4.78 is 28.0. The first-order valence-electron chi connectivity index (χ1n) is 8.79. The molecular formula is C20H25NO5. The Morgan fingerprint density at radius 3 is 2.54 bits per heavy atom. The molecule has 0 spiro atoms. The largest absolute Gasteiger partial charge is 0.480 e. The highest BCUT2D eigenvalue weighted by molar-refractivity contribution is 5.97. The van der Waals surface area contributed by atoms with Crippen molar-refractivity contribution in [2.45, 2.75) is 26.6 Å². The van der Waals surface area contributed by atoms with E-state index in [-0.39, 0.29) is 6.79 Å². The van der Waals surface area contributed by atoms with E-state index < -0.39 is 6.29 Å². The molecule has 140 valence electrons.